The summed E-state index contributed by atoms with van der Waals surface area (Å²) in [6, 6.07) is 7.43. The highest BCUT2D eigenvalue weighted by molar-refractivity contribution is 6.39. The molecule has 0 bridgehead atoms. The molecule has 1 aromatic carbocycles. The molecule has 1 aromatic heterocycles. The van der Waals surface area contributed by atoms with Crippen LogP contribution in [0, 0.1) is 5.92 Å². The third-order valence-electron chi connectivity index (χ3n) is 4.63. The molecule has 3 rings (SSSR count). The molecule has 2 heterocycles. The summed E-state index contributed by atoms with van der Waals surface area (Å²) in [5, 5.41) is 13.0. The quantitative estimate of drug-likeness (QED) is 0.836. The number of benzene rings is 1. The Morgan fingerprint density at radius 3 is 2.84 bits per heavy atom. The van der Waals surface area contributed by atoms with Gasteiger partial charge in [0.2, 0.25) is 0 Å². The fourth-order valence-corrected chi connectivity index (χ4v) is 3.44. The fraction of sp³-hybridized carbons (Fsp3) is 0.474. The second-order valence-corrected chi connectivity index (χ2v) is 7.07. The number of rotatable bonds is 4. The Labute approximate surface area is 147 Å². The van der Waals surface area contributed by atoms with Crippen molar-refractivity contribution in [1.29, 1.82) is 0 Å². The second kappa shape index (κ2) is 7.27. The molecule has 1 aliphatic heterocycles. The monoisotopic (exact) mass is 343 g/mol. The summed E-state index contributed by atoms with van der Waals surface area (Å²) in [4.78, 5) is 26.0. The molecule has 2 aromatic rings. The number of amides is 2. The van der Waals surface area contributed by atoms with E-state index in [1.54, 1.807) is 0 Å². The zero-order valence-corrected chi connectivity index (χ0v) is 14.7. The van der Waals surface area contributed by atoms with Gasteiger partial charge in [-0.1, -0.05) is 13.8 Å². The number of nitrogens with zero attached hydrogens (tertiary/aromatic N) is 2. The topological polar surface area (TPSA) is 74.6 Å². The van der Waals surface area contributed by atoms with E-state index in [-0.39, 0.29) is 12.6 Å². The molecule has 0 radical (unpaired) electrons. The van der Waals surface area contributed by atoms with Crippen molar-refractivity contribution in [2.24, 2.45) is 5.92 Å². The van der Waals surface area contributed by atoms with Crippen molar-refractivity contribution in [1.82, 2.24) is 9.47 Å². The first-order chi connectivity index (χ1) is 12.0. The lowest BCUT2D eigenvalue weighted by molar-refractivity contribution is -0.144. The highest BCUT2D eigenvalue weighted by atomic mass is 16.3. The number of fused-ring (bicyclic) bond motifs is 1. The predicted octanol–water partition coefficient (Wildman–Crippen LogP) is 2.22. The van der Waals surface area contributed by atoms with Gasteiger partial charge in [-0.15, -0.1) is 0 Å². The summed E-state index contributed by atoms with van der Waals surface area (Å²) in [5.74, 6) is -0.678. The molecular formula is C19H25N3O3. The van der Waals surface area contributed by atoms with Crippen LogP contribution in [0.5, 0.6) is 0 Å². The average Bonchev–Trinajstić information content (AvgIpc) is 3.20. The Bertz CT molecular complexity index is 781. The minimum absolute atomic E-state index is 0.103. The van der Waals surface area contributed by atoms with Crippen molar-refractivity contribution in [3.05, 3.63) is 30.5 Å². The van der Waals surface area contributed by atoms with Gasteiger partial charge in [-0.3, -0.25) is 9.59 Å². The third-order valence-corrected chi connectivity index (χ3v) is 4.63. The lowest BCUT2D eigenvalue weighted by atomic mass is 10.2. The maximum Gasteiger partial charge on any atom is 0.313 e. The van der Waals surface area contributed by atoms with Crippen LogP contribution in [-0.4, -0.2) is 45.6 Å². The number of hydrogen-bond donors (Lipinski definition) is 2. The van der Waals surface area contributed by atoms with Gasteiger partial charge in [0.25, 0.3) is 0 Å². The molecule has 6 heteroatoms. The summed E-state index contributed by atoms with van der Waals surface area (Å²) < 4.78 is 2.19. The van der Waals surface area contributed by atoms with E-state index < -0.39 is 11.8 Å². The number of carbonyl (C=O) groups excluding carboxylic acids is 2. The molecule has 0 saturated carbocycles. The first kappa shape index (κ1) is 17.5. The summed E-state index contributed by atoms with van der Waals surface area (Å²) in [6.07, 6.45) is 3.60. The Hall–Kier alpha value is -2.34. The molecule has 1 unspecified atom stereocenters. The van der Waals surface area contributed by atoms with Crippen LogP contribution in [0.25, 0.3) is 10.9 Å². The highest BCUT2D eigenvalue weighted by Gasteiger charge is 2.31. The van der Waals surface area contributed by atoms with Gasteiger partial charge in [-0.05, 0) is 43.0 Å². The largest absolute Gasteiger partial charge is 0.394 e. The number of aromatic nitrogens is 1. The molecule has 1 atom stereocenters. The third kappa shape index (κ3) is 3.69. The number of hydrogen-bond acceptors (Lipinski definition) is 3. The molecule has 25 heavy (non-hydrogen) atoms. The zero-order valence-electron chi connectivity index (χ0n) is 14.7. The van der Waals surface area contributed by atoms with E-state index in [4.69, 9.17) is 0 Å². The smallest absolute Gasteiger partial charge is 0.313 e. The summed E-state index contributed by atoms with van der Waals surface area (Å²) in [7, 11) is 0. The van der Waals surface area contributed by atoms with Gasteiger partial charge < -0.3 is 19.9 Å². The predicted molar refractivity (Wildman–Crippen MR) is 97.2 cm³/mol. The van der Waals surface area contributed by atoms with Crippen LogP contribution in [0.3, 0.4) is 0 Å². The van der Waals surface area contributed by atoms with E-state index in [0.717, 1.165) is 30.3 Å². The molecule has 1 saturated heterocycles. The molecule has 1 fully saturated rings. The molecule has 6 nitrogen and oxygen atoms in total. The van der Waals surface area contributed by atoms with Crippen LogP contribution >= 0.6 is 0 Å². The van der Waals surface area contributed by atoms with Crippen LogP contribution < -0.4 is 5.32 Å². The van der Waals surface area contributed by atoms with Crippen molar-refractivity contribution in [2.45, 2.75) is 39.3 Å². The maximum absolute atomic E-state index is 12.3. The lowest BCUT2D eigenvalue weighted by Gasteiger charge is -2.22. The van der Waals surface area contributed by atoms with E-state index in [1.165, 1.54) is 4.90 Å². The van der Waals surface area contributed by atoms with Gasteiger partial charge in [0.05, 0.1) is 12.6 Å². The number of carbonyl (C=O) groups is 2. The van der Waals surface area contributed by atoms with Crippen LogP contribution in [0.1, 0.15) is 26.7 Å². The summed E-state index contributed by atoms with van der Waals surface area (Å²) >= 11 is 0. The van der Waals surface area contributed by atoms with Gasteiger partial charge in [0, 0.05) is 35.9 Å². The molecular weight excluding hydrogens is 318 g/mol. The molecule has 0 aliphatic carbocycles. The van der Waals surface area contributed by atoms with Crippen LogP contribution in [0.4, 0.5) is 5.69 Å². The SMILES string of the molecule is CC(C)Cn1ccc2cc(NC(=O)C(=O)N3CCCC3CO)ccc21. The number of anilines is 1. The first-order valence-corrected chi connectivity index (χ1v) is 8.81. The lowest BCUT2D eigenvalue weighted by Crippen LogP contribution is -2.43. The molecule has 134 valence electrons. The second-order valence-electron chi connectivity index (χ2n) is 7.07. The number of aliphatic hydroxyl groups is 1. The van der Waals surface area contributed by atoms with Gasteiger partial charge >= 0.3 is 11.8 Å². The van der Waals surface area contributed by atoms with Gasteiger partial charge in [-0.2, -0.15) is 0 Å². The Morgan fingerprint density at radius 2 is 2.12 bits per heavy atom. The van der Waals surface area contributed by atoms with Gasteiger partial charge in [0.1, 0.15) is 0 Å². The average molecular weight is 343 g/mol. The summed E-state index contributed by atoms with van der Waals surface area (Å²) in [5.41, 5.74) is 1.71. The minimum Gasteiger partial charge on any atom is -0.394 e. The number of aliphatic hydroxyl groups excluding tert-OH is 1. The molecule has 0 spiro atoms. The summed E-state index contributed by atoms with van der Waals surface area (Å²) in [6.45, 7) is 5.70. The molecule has 2 amide bonds. The maximum atomic E-state index is 12.3. The van der Waals surface area contributed by atoms with Crippen molar-refractivity contribution >= 4 is 28.4 Å². The van der Waals surface area contributed by atoms with Crippen molar-refractivity contribution in [3.8, 4) is 0 Å². The van der Waals surface area contributed by atoms with Gasteiger partial charge in [-0.25, -0.2) is 0 Å². The standard InChI is InChI=1S/C19H25N3O3/c1-13(2)11-21-9-7-14-10-15(5-6-17(14)21)20-18(24)19(25)22-8-3-4-16(22)12-23/h5-7,9-10,13,16,23H,3-4,8,11-12H2,1-2H3,(H,20,24). The van der Waals surface area contributed by atoms with E-state index in [9.17, 15) is 14.7 Å². The molecule has 2 N–H and O–H groups in total. The van der Waals surface area contributed by atoms with E-state index in [2.05, 4.69) is 23.7 Å². The Balaban J connectivity index is 1.72. The van der Waals surface area contributed by atoms with E-state index in [1.807, 2.05) is 30.5 Å². The minimum atomic E-state index is -0.652. The van der Waals surface area contributed by atoms with Crippen LogP contribution in [0.15, 0.2) is 30.5 Å². The molecule has 1 aliphatic rings. The number of nitrogens with one attached hydrogen (secondary N) is 1. The Morgan fingerprint density at radius 1 is 1.32 bits per heavy atom. The first-order valence-electron chi connectivity index (χ1n) is 8.81. The Kier molecular flexibility index (Phi) is 5.08. The zero-order chi connectivity index (χ0) is 18.0. The van der Waals surface area contributed by atoms with Gasteiger partial charge in [0.15, 0.2) is 0 Å². The van der Waals surface area contributed by atoms with Crippen molar-refractivity contribution < 1.29 is 14.7 Å². The number of likely N-dealkylation sites (tertiary alicyclic amines) is 1. The van der Waals surface area contributed by atoms with E-state index in [0.29, 0.717) is 18.2 Å². The van der Waals surface area contributed by atoms with E-state index >= 15 is 0 Å². The van der Waals surface area contributed by atoms with Crippen molar-refractivity contribution in [3.63, 3.8) is 0 Å². The fourth-order valence-electron chi connectivity index (χ4n) is 3.44. The van der Waals surface area contributed by atoms with Crippen LogP contribution in [0.2, 0.25) is 0 Å². The normalized spacial score (nSPS) is 17.4. The van der Waals surface area contributed by atoms with Crippen molar-refractivity contribution in [2.75, 3.05) is 18.5 Å². The highest BCUT2D eigenvalue weighted by Crippen LogP contribution is 2.22. The van der Waals surface area contributed by atoms with Crippen LogP contribution in [-0.2, 0) is 16.1 Å².